The molecule has 0 amide bonds. The number of aliphatic hydroxyl groups is 2. The van der Waals surface area contributed by atoms with E-state index in [0.29, 0.717) is 25.7 Å². The minimum atomic E-state index is -4.63. The standard InChI is InChI=1S/C25H26F4N2O.C25H24F4N2O/c2*1-2-23-10-11-24(32,25(27,28)29)14-18(23)5-3-4-16-13-22-17(12-21(16)23)15-30-31(22)20-8-6-19(26)7-9-20/h6-9,12-13,15,18,32H,2-5,10-11,14H2,1H3;3-4,6-9,12-13,15,18,32H,2,5,10-11,14H2,1H3/t2*18-,23+,24-/m11/s1. The molecule has 2 aromatic heterocycles. The van der Waals surface area contributed by atoms with E-state index >= 15 is 0 Å². The first-order valence-corrected chi connectivity index (χ1v) is 22.1. The Labute approximate surface area is 365 Å². The molecule has 338 valence electrons. The maximum atomic E-state index is 13.6. The van der Waals surface area contributed by atoms with Crippen LogP contribution in [0.5, 0.6) is 0 Å². The number of rotatable bonds is 4. The minimum Gasteiger partial charge on any atom is -0.380 e. The van der Waals surface area contributed by atoms with Crippen LogP contribution in [-0.4, -0.2) is 53.3 Å². The fourth-order valence-electron chi connectivity index (χ4n) is 11.8. The monoisotopic (exact) mass is 890 g/mol. The van der Waals surface area contributed by atoms with Gasteiger partial charge in [0.05, 0.1) is 34.8 Å². The van der Waals surface area contributed by atoms with Gasteiger partial charge in [0, 0.05) is 10.8 Å². The number of fused-ring (bicyclic) bond motifs is 8. The van der Waals surface area contributed by atoms with Crippen molar-refractivity contribution >= 4 is 27.9 Å². The number of aromatic nitrogens is 4. The summed E-state index contributed by atoms with van der Waals surface area (Å²) in [7, 11) is 0. The molecule has 64 heavy (non-hydrogen) atoms. The largest absolute Gasteiger partial charge is 0.417 e. The van der Waals surface area contributed by atoms with Crippen LogP contribution in [0.4, 0.5) is 35.1 Å². The van der Waals surface area contributed by atoms with Gasteiger partial charge in [-0.2, -0.15) is 36.5 Å². The predicted octanol–water partition coefficient (Wildman–Crippen LogP) is 12.6. The van der Waals surface area contributed by atoms with Crippen LogP contribution in [0, 0.1) is 23.5 Å². The molecule has 0 radical (unpaired) electrons. The second-order valence-corrected chi connectivity index (χ2v) is 18.5. The summed E-state index contributed by atoms with van der Waals surface area (Å²) in [6.45, 7) is 4.07. The van der Waals surface area contributed by atoms with Gasteiger partial charge in [0.2, 0.25) is 0 Å². The fraction of sp³-hybridized carbons (Fsp3) is 0.440. The van der Waals surface area contributed by atoms with Crippen molar-refractivity contribution < 1.29 is 45.3 Å². The molecule has 6 nitrogen and oxygen atoms in total. The summed E-state index contributed by atoms with van der Waals surface area (Å²) < 4.78 is 112. The van der Waals surface area contributed by atoms with E-state index in [4.69, 9.17) is 0 Å². The topological polar surface area (TPSA) is 76.1 Å². The Balaban J connectivity index is 0.000000162. The van der Waals surface area contributed by atoms with Gasteiger partial charge >= 0.3 is 12.4 Å². The summed E-state index contributed by atoms with van der Waals surface area (Å²) in [5.41, 5.74) is 1.43. The molecule has 0 saturated heterocycles. The average molecular weight is 891 g/mol. The molecule has 4 aromatic carbocycles. The van der Waals surface area contributed by atoms with Gasteiger partial charge < -0.3 is 10.2 Å². The first-order chi connectivity index (χ1) is 30.3. The molecule has 6 atom stereocenters. The molecule has 0 unspecified atom stereocenters. The summed E-state index contributed by atoms with van der Waals surface area (Å²) in [4.78, 5) is 0. The zero-order chi connectivity index (χ0) is 45.5. The third kappa shape index (κ3) is 7.23. The van der Waals surface area contributed by atoms with Crippen molar-refractivity contribution in [2.75, 3.05) is 0 Å². The maximum Gasteiger partial charge on any atom is 0.417 e. The first-order valence-electron chi connectivity index (χ1n) is 22.1. The Morgan fingerprint density at radius 3 is 1.64 bits per heavy atom. The quantitative estimate of drug-likeness (QED) is 0.173. The fourth-order valence-corrected chi connectivity index (χ4v) is 11.8. The van der Waals surface area contributed by atoms with E-state index in [9.17, 15) is 45.3 Å². The van der Waals surface area contributed by atoms with Crippen molar-refractivity contribution in [1.29, 1.82) is 0 Å². The van der Waals surface area contributed by atoms with E-state index < -0.39 is 29.0 Å². The van der Waals surface area contributed by atoms with Gasteiger partial charge in [-0.25, -0.2) is 18.1 Å². The van der Waals surface area contributed by atoms with Crippen molar-refractivity contribution in [3.8, 4) is 11.4 Å². The van der Waals surface area contributed by atoms with E-state index in [1.165, 1.54) is 24.3 Å². The number of hydrogen-bond donors (Lipinski definition) is 2. The minimum absolute atomic E-state index is 0.223. The number of halogens is 8. The third-order valence-corrected chi connectivity index (χ3v) is 15.5. The lowest BCUT2D eigenvalue weighted by Gasteiger charge is -2.50. The average Bonchev–Trinajstić information content (AvgIpc) is 3.79. The lowest BCUT2D eigenvalue weighted by atomic mass is 9.56. The summed E-state index contributed by atoms with van der Waals surface area (Å²) >= 11 is 0. The van der Waals surface area contributed by atoms with Crippen LogP contribution in [0.25, 0.3) is 39.3 Å². The second-order valence-electron chi connectivity index (χ2n) is 18.5. The highest BCUT2D eigenvalue weighted by atomic mass is 19.4. The molecule has 2 N–H and O–H groups in total. The highest BCUT2D eigenvalue weighted by Gasteiger charge is 2.62. The molecular formula is C50H50F8N4O2. The molecule has 10 rings (SSSR count). The summed E-state index contributed by atoms with van der Waals surface area (Å²) in [5, 5.41) is 31.7. The maximum absolute atomic E-state index is 13.6. The van der Waals surface area contributed by atoms with Gasteiger partial charge in [0.15, 0.2) is 11.2 Å². The molecule has 4 aliphatic carbocycles. The molecule has 0 bridgehead atoms. The number of alkyl halides is 6. The predicted molar refractivity (Wildman–Crippen MR) is 229 cm³/mol. The van der Waals surface area contributed by atoms with Gasteiger partial charge in [-0.15, -0.1) is 0 Å². The van der Waals surface area contributed by atoms with Gasteiger partial charge in [-0.1, -0.05) is 26.0 Å². The Morgan fingerprint density at radius 1 is 0.641 bits per heavy atom. The van der Waals surface area contributed by atoms with Crippen molar-refractivity contribution in [3.63, 3.8) is 0 Å². The molecule has 0 spiro atoms. The van der Waals surface area contributed by atoms with Gasteiger partial charge in [-0.05, 0) is 195 Å². The molecule has 6 aromatic rings. The molecular weight excluding hydrogens is 841 g/mol. The summed E-state index contributed by atoms with van der Waals surface area (Å²) in [6, 6.07) is 20.5. The van der Waals surface area contributed by atoms with E-state index in [1.807, 2.05) is 38.1 Å². The molecule has 2 heterocycles. The molecule has 2 fully saturated rings. The number of hydrogen-bond acceptors (Lipinski definition) is 4. The Morgan fingerprint density at radius 2 is 1.12 bits per heavy atom. The van der Waals surface area contributed by atoms with Gasteiger partial charge in [0.25, 0.3) is 0 Å². The van der Waals surface area contributed by atoms with Crippen LogP contribution in [0.1, 0.15) is 107 Å². The normalized spacial score (nSPS) is 28.0. The van der Waals surface area contributed by atoms with E-state index in [0.717, 1.165) is 74.7 Å². The number of benzene rings is 4. The van der Waals surface area contributed by atoms with Crippen LogP contribution in [0.15, 0.2) is 91.3 Å². The number of nitrogens with zero attached hydrogens (tertiary/aromatic N) is 4. The summed E-state index contributed by atoms with van der Waals surface area (Å²) in [6.07, 6.45) is 1.78. The second kappa shape index (κ2) is 15.8. The lowest BCUT2D eigenvalue weighted by molar-refractivity contribution is -0.279. The van der Waals surface area contributed by atoms with Gasteiger partial charge in [0.1, 0.15) is 11.6 Å². The van der Waals surface area contributed by atoms with Crippen LogP contribution < -0.4 is 0 Å². The van der Waals surface area contributed by atoms with Crippen molar-refractivity contribution in [2.45, 2.75) is 125 Å². The van der Waals surface area contributed by atoms with Crippen LogP contribution in [-0.2, 0) is 17.3 Å². The third-order valence-electron chi connectivity index (χ3n) is 15.5. The van der Waals surface area contributed by atoms with Crippen molar-refractivity contribution in [2.24, 2.45) is 11.8 Å². The Kier molecular flexibility index (Phi) is 10.9. The Bertz CT molecular complexity index is 2720. The number of allylic oxidation sites excluding steroid dienone is 1. The van der Waals surface area contributed by atoms with Crippen LogP contribution in [0.2, 0.25) is 0 Å². The van der Waals surface area contributed by atoms with Gasteiger partial charge in [-0.3, -0.25) is 0 Å². The zero-order valence-electron chi connectivity index (χ0n) is 35.6. The highest BCUT2D eigenvalue weighted by Crippen LogP contribution is 2.58. The first kappa shape index (κ1) is 44.1. The Hall–Kier alpha value is -5.08. The van der Waals surface area contributed by atoms with Crippen LogP contribution >= 0.6 is 0 Å². The van der Waals surface area contributed by atoms with Crippen molar-refractivity contribution in [1.82, 2.24) is 19.6 Å². The zero-order valence-corrected chi connectivity index (χ0v) is 35.6. The molecule has 4 aliphatic rings. The molecule has 14 heteroatoms. The smallest absolute Gasteiger partial charge is 0.380 e. The molecule has 2 saturated carbocycles. The van der Waals surface area contributed by atoms with E-state index in [-0.39, 0.29) is 61.0 Å². The number of aryl methyl sites for hydroxylation is 1. The van der Waals surface area contributed by atoms with Crippen LogP contribution in [0.3, 0.4) is 0 Å². The van der Waals surface area contributed by atoms with E-state index in [2.05, 4.69) is 22.3 Å². The lowest BCUT2D eigenvalue weighted by Crippen LogP contribution is -2.54. The molecule has 0 aliphatic heterocycles. The van der Waals surface area contributed by atoms with Crippen molar-refractivity contribution in [3.05, 3.63) is 125 Å². The SMILES string of the molecule is CC[C@]12CC[C@](O)(C(F)(F)F)C[C@H]1CC=Cc1cc3c(cnn3-c3ccc(F)cc3)cc12.CC[C@]12CC[C@](O)(C(F)(F)F)C[C@H]1CCCc1cc3c(cnn3-c3ccc(F)cc3)cc12. The highest BCUT2D eigenvalue weighted by molar-refractivity contribution is 5.85. The summed E-state index contributed by atoms with van der Waals surface area (Å²) in [5.74, 6) is -1.17. The van der Waals surface area contributed by atoms with E-state index in [1.54, 1.807) is 46.0 Å².